The van der Waals surface area contributed by atoms with Crippen LogP contribution in [0, 0.1) is 5.92 Å². The summed E-state index contributed by atoms with van der Waals surface area (Å²) in [6.07, 6.45) is 0.419. The van der Waals surface area contributed by atoms with Crippen LogP contribution < -0.4 is 5.73 Å². The van der Waals surface area contributed by atoms with Gasteiger partial charge < -0.3 is 15.6 Å². The van der Waals surface area contributed by atoms with E-state index in [4.69, 9.17) is 15.6 Å². The van der Waals surface area contributed by atoms with Gasteiger partial charge in [0.25, 0.3) is 0 Å². The van der Waals surface area contributed by atoms with E-state index in [9.17, 15) is 4.79 Å². The molecule has 1 rings (SSSR count). The molecule has 16 heavy (non-hydrogen) atoms. The summed E-state index contributed by atoms with van der Waals surface area (Å²) >= 11 is 0. The minimum atomic E-state index is -0.881. The van der Waals surface area contributed by atoms with Crippen LogP contribution in [0.15, 0.2) is 30.3 Å². The van der Waals surface area contributed by atoms with Crippen molar-refractivity contribution in [2.24, 2.45) is 11.7 Å². The Kier molecular flexibility index (Phi) is 4.95. The summed E-state index contributed by atoms with van der Waals surface area (Å²) in [6, 6.07) is 8.77. The molecule has 3 N–H and O–H groups in total. The molecule has 1 aromatic carbocycles. The third-order valence-corrected chi connectivity index (χ3v) is 2.57. The number of carbonyl (C=O) groups is 1. The van der Waals surface area contributed by atoms with Gasteiger partial charge in [0.2, 0.25) is 0 Å². The topological polar surface area (TPSA) is 72.5 Å². The van der Waals surface area contributed by atoms with E-state index in [2.05, 4.69) is 0 Å². The Morgan fingerprint density at radius 2 is 2.06 bits per heavy atom. The molecule has 0 radical (unpaired) electrons. The van der Waals surface area contributed by atoms with Crippen LogP contribution >= 0.6 is 0 Å². The van der Waals surface area contributed by atoms with E-state index in [1.165, 1.54) is 0 Å². The largest absolute Gasteiger partial charge is 0.481 e. The van der Waals surface area contributed by atoms with Gasteiger partial charge in [-0.15, -0.1) is 0 Å². The maximum absolute atomic E-state index is 11.1. The first-order valence-electron chi connectivity index (χ1n) is 5.19. The zero-order valence-corrected chi connectivity index (χ0v) is 9.30. The Morgan fingerprint density at radius 3 is 2.56 bits per heavy atom. The Hall–Kier alpha value is -1.39. The Balaban J connectivity index is 2.75. The predicted molar refractivity (Wildman–Crippen MR) is 61.0 cm³/mol. The zero-order chi connectivity index (χ0) is 12.0. The lowest BCUT2D eigenvalue weighted by molar-refractivity contribution is -0.143. The fraction of sp³-hybridized carbons (Fsp3) is 0.417. The summed E-state index contributed by atoms with van der Waals surface area (Å²) in [5, 5.41) is 9.10. The molecule has 0 saturated carbocycles. The summed E-state index contributed by atoms with van der Waals surface area (Å²) < 4.78 is 4.89. The maximum atomic E-state index is 11.1. The van der Waals surface area contributed by atoms with Crippen molar-refractivity contribution in [3.05, 3.63) is 35.9 Å². The van der Waals surface area contributed by atoms with Gasteiger partial charge in [0.05, 0.1) is 5.92 Å². The number of ether oxygens (including phenoxy) is 1. The molecule has 4 nitrogen and oxygen atoms in total. The average molecular weight is 223 g/mol. The molecule has 1 aromatic rings. The average Bonchev–Trinajstić information content (AvgIpc) is 2.30. The molecule has 0 aliphatic heterocycles. The smallest absolute Gasteiger partial charge is 0.308 e. The van der Waals surface area contributed by atoms with E-state index in [1.807, 2.05) is 30.3 Å². The molecule has 0 saturated heterocycles. The first kappa shape index (κ1) is 12.7. The second-order valence-corrected chi connectivity index (χ2v) is 3.66. The number of hydrogen-bond donors (Lipinski definition) is 2. The quantitative estimate of drug-likeness (QED) is 0.765. The van der Waals surface area contributed by atoms with Crippen molar-refractivity contribution in [3.63, 3.8) is 0 Å². The highest BCUT2D eigenvalue weighted by atomic mass is 16.5. The first-order chi connectivity index (χ1) is 7.66. The van der Waals surface area contributed by atoms with E-state index in [0.717, 1.165) is 5.56 Å². The van der Waals surface area contributed by atoms with E-state index in [-0.39, 0.29) is 0 Å². The van der Waals surface area contributed by atoms with Crippen LogP contribution in [-0.4, -0.2) is 24.8 Å². The van der Waals surface area contributed by atoms with E-state index >= 15 is 0 Å². The molecular weight excluding hydrogens is 206 g/mol. The van der Waals surface area contributed by atoms with Crippen molar-refractivity contribution < 1.29 is 14.6 Å². The fourth-order valence-corrected chi connectivity index (χ4v) is 1.61. The van der Waals surface area contributed by atoms with Crippen molar-refractivity contribution in [3.8, 4) is 0 Å². The summed E-state index contributed by atoms with van der Waals surface area (Å²) in [4.78, 5) is 11.1. The number of nitrogens with two attached hydrogens (primary N) is 1. The van der Waals surface area contributed by atoms with Crippen LogP contribution in [0.5, 0.6) is 0 Å². The number of carboxylic acid groups (broad SMARTS) is 1. The Labute approximate surface area is 95.0 Å². The van der Waals surface area contributed by atoms with Gasteiger partial charge in [0.15, 0.2) is 0 Å². The van der Waals surface area contributed by atoms with Gasteiger partial charge in [-0.25, -0.2) is 0 Å². The minimum Gasteiger partial charge on any atom is -0.481 e. The van der Waals surface area contributed by atoms with E-state index in [0.29, 0.717) is 13.0 Å². The SMILES string of the molecule is COCC[C@H](C(=O)O)C(N)c1ccccc1. The van der Waals surface area contributed by atoms with Gasteiger partial charge >= 0.3 is 5.97 Å². The van der Waals surface area contributed by atoms with Crippen LogP contribution in [0.1, 0.15) is 18.0 Å². The van der Waals surface area contributed by atoms with Crippen molar-refractivity contribution >= 4 is 5.97 Å². The Morgan fingerprint density at radius 1 is 1.44 bits per heavy atom. The third kappa shape index (κ3) is 3.32. The summed E-state index contributed by atoms with van der Waals surface area (Å²) in [5.74, 6) is -1.49. The molecule has 0 aliphatic carbocycles. The highest BCUT2D eigenvalue weighted by Crippen LogP contribution is 2.22. The highest BCUT2D eigenvalue weighted by Gasteiger charge is 2.25. The highest BCUT2D eigenvalue weighted by molar-refractivity contribution is 5.71. The Bertz CT molecular complexity index is 326. The van der Waals surface area contributed by atoms with Gasteiger partial charge in [-0.05, 0) is 12.0 Å². The molecule has 2 atom stereocenters. The molecule has 0 spiro atoms. The van der Waals surface area contributed by atoms with Crippen LogP contribution in [0.3, 0.4) is 0 Å². The number of carboxylic acids is 1. The first-order valence-corrected chi connectivity index (χ1v) is 5.19. The van der Waals surface area contributed by atoms with Crippen LogP contribution in [0.4, 0.5) is 0 Å². The van der Waals surface area contributed by atoms with Crippen LogP contribution in [-0.2, 0) is 9.53 Å². The van der Waals surface area contributed by atoms with Gasteiger partial charge in [-0.2, -0.15) is 0 Å². The lowest BCUT2D eigenvalue weighted by atomic mass is 9.91. The summed E-state index contributed by atoms with van der Waals surface area (Å²) in [7, 11) is 1.55. The van der Waals surface area contributed by atoms with Gasteiger partial charge in [-0.1, -0.05) is 30.3 Å². The predicted octanol–water partition coefficient (Wildman–Crippen LogP) is 1.42. The second kappa shape index (κ2) is 6.25. The van der Waals surface area contributed by atoms with Gasteiger partial charge in [-0.3, -0.25) is 4.79 Å². The van der Waals surface area contributed by atoms with Crippen molar-refractivity contribution in [2.75, 3.05) is 13.7 Å². The molecule has 0 heterocycles. The van der Waals surface area contributed by atoms with Gasteiger partial charge in [0, 0.05) is 19.8 Å². The zero-order valence-electron chi connectivity index (χ0n) is 9.30. The normalized spacial score (nSPS) is 14.4. The van der Waals surface area contributed by atoms with Crippen molar-refractivity contribution in [1.82, 2.24) is 0 Å². The maximum Gasteiger partial charge on any atom is 0.308 e. The monoisotopic (exact) mass is 223 g/mol. The molecule has 0 fully saturated rings. The lowest BCUT2D eigenvalue weighted by Gasteiger charge is -2.20. The third-order valence-electron chi connectivity index (χ3n) is 2.57. The molecule has 0 bridgehead atoms. The lowest BCUT2D eigenvalue weighted by Crippen LogP contribution is -2.29. The minimum absolute atomic E-state index is 0.400. The van der Waals surface area contributed by atoms with E-state index < -0.39 is 17.9 Å². The fourth-order valence-electron chi connectivity index (χ4n) is 1.61. The number of rotatable bonds is 6. The van der Waals surface area contributed by atoms with Crippen molar-refractivity contribution in [2.45, 2.75) is 12.5 Å². The van der Waals surface area contributed by atoms with Crippen LogP contribution in [0.25, 0.3) is 0 Å². The number of hydrogen-bond acceptors (Lipinski definition) is 3. The molecule has 4 heteroatoms. The van der Waals surface area contributed by atoms with E-state index in [1.54, 1.807) is 7.11 Å². The molecule has 0 aliphatic rings. The number of benzene rings is 1. The number of aliphatic carboxylic acids is 1. The van der Waals surface area contributed by atoms with Crippen molar-refractivity contribution in [1.29, 1.82) is 0 Å². The summed E-state index contributed by atoms with van der Waals surface area (Å²) in [6.45, 7) is 0.400. The van der Waals surface area contributed by atoms with Gasteiger partial charge in [0.1, 0.15) is 0 Å². The molecular formula is C12H17NO3. The molecule has 0 amide bonds. The second-order valence-electron chi connectivity index (χ2n) is 3.66. The molecule has 1 unspecified atom stereocenters. The van der Waals surface area contributed by atoms with Crippen LogP contribution in [0.2, 0.25) is 0 Å². The summed E-state index contributed by atoms with van der Waals surface area (Å²) in [5.41, 5.74) is 6.78. The molecule has 0 aromatic heterocycles. The standard InChI is InChI=1S/C12H17NO3/c1-16-8-7-10(12(14)15)11(13)9-5-3-2-4-6-9/h2-6,10-11H,7-8,13H2,1H3,(H,14,15)/t10-,11?/m0/s1. The number of methoxy groups -OCH3 is 1. The molecule has 88 valence electrons.